The molecule has 0 atom stereocenters. The van der Waals surface area contributed by atoms with Crippen LogP contribution in [0.15, 0.2) is 18.2 Å². The van der Waals surface area contributed by atoms with Gasteiger partial charge in [0.1, 0.15) is 0 Å². The molecule has 0 saturated carbocycles. The van der Waals surface area contributed by atoms with Crippen molar-refractivity contribution in [3.05, 3.63) is 23.9 Å². The minimum absolute atomic E-state index is 0.101. The smallest absolute Gasteiger partial charge is 0.213 e. The summed E-state index contributed by atoms with van der Waals surface area (Å²) < 4.78 is 4.96. The quantitative estimate of drug-likeness (QED) is 0.741. The number of thioether (sulfide) groups is 1. The van der Waals surface area contributed by atoms with Gasteiger partial charge in [0.05, 0.1) is 12.8 Å². The Morgan fingerprint density at radius 2 is 2.38 bits per heavy atom. The maximum absolute atomic E-state index is 10.7. The normalized spacial score (nSPS) is 9.69. The van der Waals surface area contributed by atoms with Crippen LogP contribution in [0.2, 0.25) is 0 Å². The van der Waals surface area contributed by atoms with Gasteiger partial charge in [0, 0.05) is 18.7 Å². The van der Waals surface area contributed by atoms with Gasteiger partial charge in [-0.1, -0.05) is 17.8 Å². The second-order valence-electron chi connectivity index (χ2n) is 2.45. The minimum atomic E-state index is 0.101. The van der Waals surface area contributed by atoms with Crippen LogP contribution >= 0.6 is 11.8 Å². The molecule has 0 unspecified atom stereocenters. The first-order valence-corrected chi connectivity index (χ1v) is 4.84. The highest BCUT2D eigenvalue weighted by Crippen LogP contribution is 2.13. The van der Waals surface area contributed by atoms with E-state index in [-0.39, 0.29) is 5.12 Å². The van der Waals surface area contributed by atoms with Gasteiger partial charge in [-0.2, -0.15) is 0 Å². The van der Waals surface area contributed by atoms with E-state index in [1.54, 1.807) is 20.1 Å². The molecule has 1 aromatic rings. The van der Waals surface area contributed by atoms with Crippen molar-refractivity contribution in [3.63, 3.8) is 0 Å². The molecular formula is C9H11NO2S. The van der Waals surface area contributed by atoms with Gasteiger partial charge < -0.3 is 4.74 Å². The van der Waals surface area contributed by atoms with Gasteiger partial charge in [0.25, 0.3) is 0 Å². The van der Waals surface area contributed by atoms with E-state index in [1.165, 1.54) is 11.8 Å². The van der Waals surface area contributed by atoms with Crippen molar-refractivity contribution >= 4 is 16.9 Å². The van der Waals surface area contributed by atoms with E-state index >= 15 is 0 Å². The van der Waals surface area contributed by atoms with Crippen molar-refractivity contribution in [2.45, 2.75) is 12.7 Å². The van der Waals surface area contributed by atoms with Gasteiger partial charge in [-0.3, -0.25) is 4.79 Å². The van der Waals surface area contributed by atoms with E-state index in [9.17, 15) is 4.79 Å². The summed E-state index contributed by atoms with van der Waals surface area (Å²) >= 11 is 1.25. The average molecular weight is 197 g/mol. The molecule has 0 bridgehead atoms. The van der Waals surface area contributed by atoms with E-state index in [0.29, 0.717) is 11.6 Å². The number of rotatable bonds is 3. The second kappa shape index (κ2) is 4.87. The lowest BCUT2D eigenvalue weighted by molar-refractivity contribution is -0.109. The summed E-state index contributed by atoms with van der Waals surface area (Å²) in [7, 11) is 1.57. The molecule has 0 radical (unpaired) electrons. The van der Waals surface area contributed by atoms with Gasteiger partial charge in [-0.25, -0.2) is 4.98 Å². The van der Waals surface area contributed by atoms with Crippen molar-refractivity contribution in [3.8, 4) is 5.88 Å². The molecule has 4 heteroatoms. The summed E-state index contributed by atoms with van der Waals surface area (Å²) in [6.07, 6.45) is 0. The maximum Gasteiger partial charge on any atom is 0.213 e. The zero-order valence-electron chi connectivity index (χ0n) is 7.61. The van der Waals surface area contributed by atoms with E-state index < -0.39 is 0 Å². The molecule has 70 valence electrons. The standard InChI is InChI=1S/C9H11NO2S/c1-7(11)13-6-8-4-3-5-9(10-8)12-2/h3-5H,6H2,1-2H3. The second-order valence-corrected chi connectivity index (χ2v) is 3.60. The van der Waals surface area contributed by atoms with Crippen molar-refractivity contribution in [2.75, 3.05) is 7.11 Å². The molecule has 0 aliphatic carbocycles. The number of hydrogen-bond acceptors (Lipinski definition) is 4. The van der Waals surface area contributed by atoms with Gasteiger partial charge in [-0.15, -0.1) is 0 Å². The SMILES string of the molecule is COc1cccc(CSC(C)=O)n1. The van der Waals surface area contributed by atoms with E-state index in [2.05, 4.69) is 4.98 Å². The third kappa shape index (κ3) is 3.46. The highest BCUT2D eigenvalue weighted by molar-refractivity contribution is 8.12. The maximum atomic E-state index is 10.7. The third-order valence-electron chi connectivity index (χ3n) is 1.41. The Labute approximate surface area is 81.5 Å². The van der Waals surface area contributed by atoms with E-state index in [1.807, 2.05) is 12.1 Å². The summed E-state index contributed by atoms with van der Waals surface area (Å²) in [4.78, 5) is 14.8. The first-order valence-electron chi connectivity index (χ1n) is 3.85. The predicted molar refractivity (Wildman–Crippen MR) is 52.8 cm³/mol. The lowest BCUT2D eigenvalue weighted by Crippen LogP contribution is -1.92. The molecule has 1 aromatic heterocycles. The van der Waals surface area contributed by atoms with Crippen molar-refractivity contribution in [1.29, 1.82) is 0 Å². The molecule has 1 rings (SSSR count). The number of hydrogen-bond donors (Lipinski definition) is 0. The van der Waals surface area contributed by atoms with Crippen LogP contribution in [-0.2, 0) is 10.5 Å². The summed E-state index contributed by atoms with van der Waals surface area (Å²) in [5.74, 6) is 1.19. The Morgan fingerprint density at radius 3 is 3.00 bits per heavy atom. The number of methoxy groups -OCH3 is 1. The number of nitrogens with zero attached hydrogens (tertiary/aromatic N) is 1. The van der Waals surface area contributed by atoms with Gasteiger partial charge in [0.2, 0.25) is 5.88 Å². The molecule has 3 nitrogen and oxygen atoms in total. The highest BCUT2D eigenvalue weighted by atomic mass is 32.2. The predicted octanol–water partition coefficient (Wildman–Crippen LogP) is 1.87. The average Bonchev–Trinajstić information content (AvgIpc) is 2.15. The molecule has 0 N–H and O–H groups in total. The lowest BCUT2D eigenvalue weighted by Gasteiger charge is -2.01. The Bertz CT molecular complexity index is 301. The summed E-state index contributed by atoms with van der Waals surface area (Å²) in [6.45, 7) is 1.55. The molecule has 0 saturated heterocycles. The first-order chi connectivity index (χ1) is 6.22. The van der Waals surface area contributed by atoms with Crippen LogP contribution in [0.1, 0.15) is 12.6 Å². The molecule has 0 fully saturated rings. The molecule has 0 aliphatic heterocycles. The Balaban J connectivity index is 2.61. The molecule has 0 aromatic carbocycles. The summed E-state index contributed by atoms with van der Waals surface area (Å²) in [6, 6.07) is 5.52. The Hall–Kier alpha value is -1.03. The fourth-order valence-electron chi connectivity index (χ4n) is 0.827. The Morgan fingerprint density at radius 1 is 1.62 bits per heavy atom. The fraction of sp³-hybridized carbons (Fsp3) is 0.333. The van der Waals surface area contributed by atoms with Crippen LogP contribution in [0.4, 0.5) is 0 Å². The zero-order chi connectivity index (χ0) is 9.68. The third-order valence-corrected chi connectivity index (χ3v) is 2.26. The van der Waals surface area contributed by atoms with Gasteiger partial charge >= 0.3 is 0 Å². The first kappa shape index (κ1) is 10.1. The van der Waals surface area contributed by atoms with Crippen LogP contribution in [-0.4, -0.2) is 17.2 Å². The number of ether oxygens (including phenoxy) is 1. The molecule has 0 spiro atoms. The Kier molecular flexibility index (Phi) is 3.76. The van der Waals surface area contributed by atoms with Crippen LogP contribution in [0.3, 0.4) is 0 Å². The van der Waals surface area contributed by atoms with Crippen LogP contribution in [0.5, 0.6) is 5.88 Å². The molecule has 0 aliphatic rings. The van der Waals surface area contributed by atoms with Gasteiger partial charge in [-0.05, 0) is 6.07 Å². The van der Waals surface area contributed by atoms with E-state index in [0.717, 1.165) is 5.69 Å². The van der Waals surface area contributed by atoms with Crippen LogP contribution in [0, 0.1) is 0 Å². The van der Waals surface area contributed by atoms with Crippen molar-refractivity contribution < 1.29 is 9.53 Å². The zero-order valence-corrected chi connectivity index (χ0v) is 8.43. The lowest BCUT2D eigenvalue weighted by atomic mass is 10.4. The highest BCUT2D eigenvalue weighted by Gasteiger charge is 1.99. The fourth-order valence-corrected chi connectivity index (χ4v) is 1.34. The number of pyridine rings is 1. The van der Waals surface area contributed by atoms with Crippen molar-refractivity contribution in [2.24, 2.45) is 0 Å². The topological polar surface area (TPSA) is 39.2 Å². The minimum Gasteiger partial charge on any atom is -0.481 e. The van der Waals surface area contributed by atoms with Crippen LogP contribution < -0.4 is 4.74 Å². The molecular weight excluding hydrogens is 186 g/mol. The van der Waals surface area contributed by atoms with Crippen molar-refractivity contribution in [1.82, 2.24) is 4.98 Å². The van der Waals surface area contributed by atoms with Gasteiger partial charge in [0.15, 0.2) is 5.12 Å². The largest absolute Gasteiger partial charge is 0.481 e. The monoisotopic (exact) mass is 197 g/mol. The van der Waals surface area contributed by atoms with E-state index in [4.69, 9.17) is 4.74 Å². The number of carbonyl (C=O) groups excluding carboxylic acids is 1. The number of carbonyl (C=O) groups is 1. The molecule has 1 heterocycles. The summed E-state index contributed by atoms with van der Waals surface area (Å²) in [5.41, 5.74) is 0.861. The number of aromatic nitrogens is 1. The molecule has 0 amide bonds. The molecule has 13 heavy (non-hydrogen) atoms. The summed E-state index contributed by atoms with van der Waals surface area (Å²) in [5, 5.41) is 0.101. The van der Waals surface area contributed by atoms with Crippen LogP contribution in [0.25, 0.3) is 0 Å².